The smallest absolute Gasteiger partial charge is 0.327 e. The molecule has 0 aromatic carbocycles. The SMILES string of the molecule is CCCc1cc(N2CCC3(CC2)C(=O)N(CCO)C(=O)N3CC(C)C)nc(C)n1. The number of carbonyl (C=O) groups excluding carboxylic acids is 2. The first kappa shape index (κ1) is 21.5. The predicted octanol–water partition coefficient (Wildman–Crippen LogP) is 1.99. The molecular weight excluding hydrogens is 370 g/mol. The number of amides is 3. The van der Waals surface area contributed by atoms with Crippen LogP contribution in [0.25, 0.3) is 0 Å². The highest BCUT2D eigenvalue weighted by atomic mass is 16.3. The molecule has 3 amide bonds. The van der Waals surface area contributed by atoms with Gasteiger partial charge in [0.15, 0.2) is 0 Å². The Morgan fingerprint density at radius 2 is 1.90 bits per heavy atom. The van der Waals surface area contributed by atoms with Gasteiger partial charge in [-0.15, -0.1) is 0 Å². The summed E-state index contributed by atoms with van der Waals surface area (Å²) in [4.78, 5) is 40.4. The van der Waals surface area contributed by atoms with Crippen molar-refractivity contribution in [3.63, 3.8) is 0 Å². The summed E-state index contributed by atoms with van der Waals surface area (Å²) in [5, 5.41) is 9.32. The van der Waals surface area contributed by atoms with E-state index in [9.17, 15) is 14.7 Å². The molecule has 0 saturated carbocycles. The summed E-state index contributed by atoms with van der Waals surface area (Å²) >= 11 is 0. The van der Waals surface area contributed by atoms with Gasteiger partial charge in [-0.05, 0) is 32.1 Å². The first-order chi connectivity index (χ1) is 13.8. The van der Waals surface area contributed by atoms with Crippen LogP contribution in [0.4, 0.5) is 10.6 Å². The highest BCUT2D eigenvalue weighted by Crippen LogP contribution is 2.38. The molecule has 2 aliphatic heterocycles. The second-order valence-electron chi connectivity index (χ2n) is 8.50. The van der Waals surface area contributed by atoms with Crippen molar-refractivity contribution in [2.45, 2.75) is 58.9 Å². The van der Waals surface area contributed by atoms with Gasteiger partial charge < -0.3 is 14.9 Å². The number of aliphatic hydroxyl groups is 1. The summed E-state index contributed by atoms with van der Waals surface area (Å²) in [6.07, 6.45) is 3.08. The molecule has 160 valence electrons. The number of aryl methyl sites for hydroxylation is 2. The van der Waals surface area contributed by atoms with E-state index in [1.165, 1.54) is 4.90 Å². The number of β-amino-alcohol motifs (C(OH)–C–C–N with tert-alkyl or cyclic N) is 1. The van der Waals surface area contributed by atoms with E-state index in [1.54, 1.807) is 4.90 Å². The van der Waals surface area contributed by atoms with Crippen molar-refractivity contribution >= 4 is 17.8 Å². The first-order valence-electron chi connectivity index (χ1n) is 10.7. The van der Waals surface area contributed by atoms with E-state index in [4.69, 9.17) is 0 Å². The van der Waals surface area contributed by atoms with Crippen molar-refractivity contribution in [2.75, 3.05) is 37.7 Å². The fraction of sp³-hybridized carbons (Fsp3) is 0.714. The standard InChI is InChI=1S/C21H33N5O3/c1-5-6-17-13-18(23-16(4)22-17)24-9-7-21(8-10-24)19(28)25(11-12-27)20(29)26(21)14-15(2)3/h13,15,27H,5-12,14H2,1-4H3. The Hall–Kier alpha value is -2.22. The van der Waals surface area contributed by atoms with Crippen LogP contribution < -0.4 is 4.90 Å². The predicted molar refractivity (Wildman–Crippen MR) is 111 cm³/mol. The molecule has 1 aromatic heterocycles. The molecule has 1 spiro atoms. The monoisotopic (exact) mass is 403 g/mol. The molecule has 3 heterocycles. The Labute approximate surface area is 172 Å². The lowest BCUT2D eigenvalue weighted by atomic mass is 9.85. The molecule has 2 fully saturated rings. The molecule has 2 saturated heterocycles. The van der Waals surface area contributed by atoms with Crippen molar-refractivity contribution in [2.24, 2.45) is 5.92 Å². The highest BCUT2D eigenvalue weighted by Gasteiger charge is 2.57. The minimum atomic E-state index is -0.804. The van der Waals surface area contributed by atoms with E-state index < -0.39 is 5.54 Å². The van der Waals surface area contributed by atoms with E-state index in [2.05, 4.69) is 21.8 Å². The number of nitrogens with zero attached hydrogens (tertiary/aromatic N) is 5. The lowest BCUT2D eigenvalue weighted by Gasteiger charge is -2.43. The number of aliphatic hydroxyl groups excluding tert-OH is 1. The molecule has 0 bridgehead atoms. The maximum Gasteiger partial charge on any atom is 0.327 e. The van der Waals surface area contributed by atoms with Gasteiger partial charge in [-0.25, -0.2) is 14.8 Å². The van der Waals surface area contributed by atoms with E-state index in [0.717, 1.165) is 30.2 Å². The fourth-order valence-corrected chi connectivity index (χ4v) is 4.45. The summed E-state index contributed by atoms with van der Waals surface area (Å²) in [7, 11) is 0. The molecule has 3 rings (SSSR count). The van der Waals surface area contributed by atoms with Crippen molar-refractivity contribution in [1.29, 1.82) is 0 Å². The molecule has 29 heavy (non-hydrogen) atoms. The van der Waals surface area contributed by atoms with Gasteiger partial charge in [0, 0.05) is 31.4 Å². The molecule has 0 atom stereocenters. The zero-order valence-corrected chi connectivity index (χ0v) is 18.0. The topological polar surface area (TPSA) is 89.9 Å². The van der Waals surface area contributed by atoms with Crippen LogP contribution in [-0.2, 0) is 11.2 Å². The van der Waals surface area contributed by atoms with Crippen LogP contribution in [0.15, 0.2) is 6.07 Å². The molecule has 1 N–H and O–H groups in total. The molecular formula is C21H33N5O3. The number of urea groups is 1. The average Bonchev–Trinajstić information content (AvgIpc) is 2.85. The number of imide groups is 1. The van der Waals surface area contributed by atoms with Gasteiger partial charge >= 0.3 is 6.03 Å². The number of hydrogen-bond donors (Lipinski definition) is 1. The molecule has 0 unspecified atom stereocenters. The Balaban J connectivity index is 1.82. The second kappa shape index (κ2) is 8.65. The van der Waals surface area contributed by atoms with E-state index in [1.807, 2.05) is 26.8 Å². The largest absolute Gasteiger partial charge is 0.395 e. The third-order valence-electron chi connectivity index (χ3n) is 5.79. The molecule has 0 radical (unpaired) electrons. The lowest BCUT2D eigenvalue weighted by Crippen LogP contribution is -2.57. The Morgan fingerprint density at radius 1 is 1.21 bits per heavy atom. The second-order valence-corrected chi connectivity index (χ2v) is 8.50. The summed E-state index contributed by atoms with van der Waals surface area (Å²) < 4.78 is 0. The fourth-order valence-electron chi connectivity index (χ4n) is 4.45. The first-order valence-corrected chi connectivity index (χ1v) is 10.7. The Bertz CT molecular complexity index is 759. The van der Waals surface area contributed by atoms with Crippen LogP contribution in [0.1, 0.15) is 51.6 Å². The van der Waals surface area contributed by atoms with Crippen LogP contribution >= 0.6 is 0 Å². The average molecular weight is 404 g/mol. The van der Waals surface area contributed by atoms with Crippen molar-refractivity contribution in [3.8, 4) is 0 Å². The van der Waals surface area contributed by atoms with Crippen LogP contribution in [-0.4, -0.2) is 75.1 Å². The Kier molecular flexibility index (Phi) is 6.41. The molecule has 8 heteroatoms. The van der Waals surface area contributed by atoms with Gasteiger partial charge in [0.05, 0.1) is 13.2 Å². The normalized spacial score (nSPS) is 19.2. The molecule has 8 nitrogen and oxygen atoms in total. The van der Waals surface area contributed by atoms with Gasteiger partial charge in [-0.3, -0.25) is 9.69 Å². The summed E-state index contributed by atoms with van der Waals surface area (Å²) in [6, 6.07) is 1.77. The summed E-state index contributed by atoms with van der Waals surface area (Å²) in [6.45, 7) is 9.84. The maximum absolute atomic E-state index is 13.2. The third kappa shape index (κ3) is 4.08. The van der Waals surface area contributed by atoms with Crippen LogP contribution in [0.3, 0.4) is 0 Å². The molecule has 0 aliphatic carbocycles. The molecule has 1 aromatic rings. The zero-order valence-electron chi connectivity index (χ0n) is 18.0. The van der Waals surface area contributed by atoms with E-state index >= 15 is 0 Å². The van der Waals surface area contributed by atoms with Gasteiger partial charge in [0.1, 0.15) is 17.2 Å². The van der Waals surface area contributed by atoms with Crippen molar-refractivity contribution in [3.05, 3.63) is 17.6 Å². The Morgan fingerprint density at radius 3 is 2.48 bits per heavy atom. The number of anilines is 1. The van der Waals surface area contributed by atoms with Gasteiger partial charge in [0.2, 0.25) is 0 Å². The van der Waals surface area contributed by atoms with Crippen LogP contribution in [0.2, 0.25) is 0 Å². The van der Waals surface area contributed by atoms with Crippen molar-refractivity contribution < 1.29 is 14.7 Å². The van der Waals surface area contributed by atoms with Gasteiger partial charge in [0.25, 0.3) is 5.91 Å². The maximum atomic E-state index is 13.2. The summed E-state index contributed by atoms with van der Waals surface area (Å²) in [5.74, 6) is 1.75. The quantitative estimate of drug-likeness (QED) is 0.701. The molecule has 2 aliphatic rings. The minimum Gasteiger partial charge on any atom is -0.395 e. The number of aromatic nitrogens is 2. The minimum absolute atomic E-state index is 0.0587. The van der Waals surface area contributed by atoms with Crippen molar-refractivity contribution in [1.82, 2.24) is 19.8 Å². The third-order valence-corrected chi connectivity index (χ3v) is 5.79. The van der Waals surface area contributed by atoms with Gasteiger partial charge in [-0.1, -0.05) is 27.2 Å². The summed E-state index contributed by atoms with van der Waals surface area (Å²) in [5.41, 5.74) is 0.236. The highest BCUT2D eigenvalue weighted by molar-refractivity contribution is 6.07. The lowest BCUT2D eigenvalue weighted by molar-refractivity contribution is -0.134. The number of rotatable bonds is 7. The number of carbonyl (C=O) groups is 2. The van der Waals surface area contributed by atoms with Gasteiger partial charge in [-0.2, -0.15) is 0 Å². The van der Waals surface area contributed by atoms with E-state index in [-0.39, 0.29) is 31.0 Å². The van der Waals surface area contributed by atoms with Crippen LogP contribution in [0.5, 0.6) is 0 Å². The van der Waals surface area contributed by atoms with E-state index in [0.29, 0.717) is 32.5 Å². The number of piperidine rings is 1. The number of hydrogen-bond acceptors (Lipinski definition) is 6. The van der Waals surface area contributed by atoms with Crippen LogP contribution in [0, 0.1) is 12.8 Å². The zero-order chi connectivity index (χ0) is 21.2.